The Morgan fingerprint density at radius 1 is 1.53 bits per heavy atom. The average molecular weight is 238 g/mol. The Morgan fingerprint density at radius 3 is 2.76 bits per heavy atom. The van der Waals surface area contributed by atoms with Gasteiger partial charge in [0.1, 0.15) is 0 Å². The van der Waals surface area contributed by atoms with Crippen LogP contribution in [-0.2, 0) is 4.79 Å². The highest BCUT2D eigenvalue weighted by molar-refractivity contribution is 5.90. The molecule has 0 saturated heterocycles. The van der Waals surface area contributed by atoms with E-state index in [9.17, 15) is 4.79 Å². The minimum atomic E-state index is 0.0219. The summed E-state index contributed by atoms with van der Waals surface area (Å²) in [4.78, 5) is 11.6. The molecule has 5 heteroatoms. The fraction of sp³-hybridized carbons (Fsp3) is 0.667. The van der Waals surface area contributed by atoms with Gasteiger partial charge < -0.3 is 11.1 Å². The number of hydrogen-bond donors (Lipinski definition) is 2. The molecule has 3 N–H and O–H groups in total. The Bertz CT molecular complexity index is 359. The van der Waals surface area contributed by atoms with Crippen LogP contribution < -0.4 is 11.1 Å². The number of carbonyl (C=O) groups excluding carboxylic acids is 1. The van der Waals surface area contributed by atoms with Gasteiger partial charge in [-0.1, -0.05) is 6.92 Å². The average Bonchev–Trinajstić information content (AvgIpc) is 2.74. The lowest BCUT2D eigenvalue weighted by atomic mass is 10.1. The van der Waals surface area contributed by atoms with Gasteiger partial charge >= 0.3 is 0 Å². The second kappa shape index (κ2) is 6.39. The molecule has 1 aromatic rings. The molecule has 0 fully saturated rings. The molecule has 0 aromatic carbocycles. The van der Waals surface area contributed by atoms with E-state index in [4.69, 9.17) is 5.73 Å². The van der Waals surface area contributed by atoms with Crippen LogP contribution in [0.15, 0.2) is 12.4 Å². The third kappa shape index (κ3) is 4.56. The molecule has 1 amide bonds. The van der Waals surface area contributed by atoms with E-state index in [0.29, 0.717) is 24.9 Å². The van der Waals surface area contributed by atoms with E-state index < -0.39 is 0 Å². The maximum absolute atomic E-state index is 11.6. The van der Waals surface area contributed by atoms with Crippen molar-refractivity contribution in [3.63, 3.8) is 0 Å². The van der Waals surface area contributed by atoms with Crippen molar-refractivity contribution in [1.82, 2.24) is 9.78 Å². The van der Waals surface area contributed by atoms with Crippen molar-refractivity contribution < 1.29 is 4.79 Å². The number of hydrogen-bond acceptors (Lipinski definition) is 3. The fourth-order valence-electron chi connectivity index (χ4n) is 1.40. The number of anilines is 1. The molecule has 0 saturated carbocycles. The highest BCUT2D eigenvalue weighted by Crippen LogP contribution is 2.11. The van der Waals surface area contributed by atoms with Gasteiger partial charge in [0.2, 0.25) is 5.91 Å². The molecular formula is C12H22N4O. The van der Waals surface area contributed by atoms with Crippen LogP contribution in [0.3, 0.4) is 0 Å². The lowest BCUT2D eigenvalue weighted by Crippen LogP contribution is -2.16. The molecule has 0 aliphatic rings. The molecule has 1 aromatic heterocycles. The van der Waals surface area contributed by atoms with Gasteiger partial charge in [-0.15, -0.1) is 0 Å². The van der Waals surface area contributed by atoms with Gasteiger partial charge in [-0.3, -0.25) is 9.48 Å². The smallest absolute Gasteiger partial charge is 0.224 e. The first kappa shape index (κ1) is 13.7. The Kier molecular flexibility index (Phi) is 5.15. The summed E-state index contributed by atoms with van der Waals surface area (Å²) in [5.41, 5.74) is 6.26. The minimum absolute atomic E-state index is 0.0219. The molecule has 5 nitrogen and oxygen atoms in total. The van der Waals surface area contributed by atoms with Gasteiger partial charge in [-0.05, 0) is 32.7 Å². The molecule has 0 aliphatic carbocycles. The quantitative estimate of drug-likeness (QED) is 0.793. The molecule has 0 aliphatic heterocycles. The number of aromatic nitrogens is 2. The van der Waals surface area contributed by atoms with E-state index in [0.717, 1.165) is 12.1 Å². The molecular weight excluding hydrogens is 216 g/mol. The van der Waals surface area contributed by atoms with E-state index >= 15 is 0 Å². The maximum Gasteiger partial charge on any atom is 0.224 e. The SMILES string of the molecule is CC(CN)CCC(=O)Nc1cnn(C(C)C)c1. The van der Waals surface area contributed by atoms with Crippen LogP contribution in [0.5, 0.6) is 0 Å². The third-order valence-corrected chi connectivity index (χ3v) is 2.68. The molecule has 1 atom stereocenters. The minimum Gasteiger partial charge on any atom is -0.330 e. The second-order valence-corrected chi connectivity index (χ2v) is 4.73. The normalized spacial score (nSPS) is 12.8. The third-order valence-electron chi connectivity index (χ3n) is 2.68. The van der Waals surface area contributed by atoms with Crippen LogP contribution in [-0.4, -0.2) is 22.2 Å². The van der Waals surface area contributed by atoms with Gasteiger partial charge in [0.15, 0.2) is 0 Å². The topological polar surface area (TPSA) is 72.9 Å². The van der Waals surface area contributed by atoms with E-state index in [1.165, 1.54) is 0 Å². The first-order valence-corrected chi connectivity index (χ1v) is 6.07. The molecule has 1 rings (SSSR count). The van der Waals surface area contributed by atoms with Crippen LogP contribution in [0.4, 0.5) is 5.69 Å². The fourth-order valence-corrected chi connectivity index (χ4v) is 1.40. The Morgan fingerprint density at radius 2 is 2.24 bits per heavy atom. The van der Waals surface area contributed by atoms with Gasteiger partial charge in [-0.25, -0.2) is 0 Å². The molecule has 0 spiro atoms. The Hall–Kier alpha value is -1.36. The molecule has 1 heterocycles. The zero-order valence-electron chi connectivity index (χ0n) is 10.8. The van der Waals surface area contributed by atoms with E-state index in [-0.39, 0.29) is 5.91 Å². The van der Waals surface area contributed by atoms with Gasteiger partial charge in [0, 0.05) is 18.7 Å². The Balaban J connectivity index is 2.39. The van der Waals surface area contributed by atoms with Gasteiger partial charge in [0.25, 0.3) is 0 Å². The van der Waals surface area contributed by atoms with Crippen molar-refractivity contribution in [1.29, 1.82) is 0 Å². The summed E-state index contributed by atoms with van der Waals surface area (Å²) < 4.78 is 1.82. The van der Waals surface area contributed by atoms with Crippen LogP contribution in [0.1, 0.15) is 39.7 Å². The van der Waals surface area contributed by atoms with Crippen LogP contribution in [0.2, 0.25) is 0 Å². The van der Waals surface area contributed by atoms with Gasteiger partial charge in [0.05, 0.1) is 11.9 Å². The van der Waals surface area contributed by atoms with Crippen molar-refractivity contribution in [3.05, 3.63) is 12.4 Å². The summed E-state index contributed by atoms with van der Waals surface area (Å²) in [6, 6.07) is 0.304. The first-order chi connectivity index (χ1) is 8.02. The summed E-state index contributed by atoms with van der Waals surface area (Å²) in [6.07, 6.45) is 4.84. The summed E-state index contributed by atoms with van der Waals surface area (Å²) >= 11 is 0. The highest BCUT2D eigenvalue weighted by Gasteiger charge is 2.07. The number of nitrogens with one attached hydrogen (secondary N) is 1. The second-order valence-electron chi connectivity index (χ2n) is 4.73. The molecule has 17 heavy (non-hydrogen) atoms. The van der Waals surface area contributed by atoms with Crippen molar-refractivity contribution in [2.45, 2.75) is 39.7 Å². The predicted octanol–water partition coefficient (Wildman–Crippen LogP) is 1.78. The van der Waals surface area contributed by atoms with Crippen molar-refractivity contribution in [3.8, 4) is 0 Å². The van der Waals surface area contributed by atoms with Gasteiger partial charge in [-0.2, -0.15) is 5.10 Å². The summed E-state index contributed by atoms with van der Waals surface area (Å²) in [6.45, 7) is 6.76. The monoisotopic (exact) mass is 238 g/mol. The highest BCUT2D eigenvalue weighted by atomic mass is 16.1. The Labute approximate surface area is 102 Å². The zero-order chi connectivity index (χ0) is 12.8. The number of nitrogens with two attached hydrogens (primary N) is 1. The molecule has 0 bridgehead atoms. The molecule has 96 valence electrons. The summed E-state index contributed by atoms with van der Waals surface area (Å²) in [5, 5.41) is 7.00. The standard InChI is InChI=1S/C12H22N4O/c1-9(2)16-8-11(7-14-16)15-12(17)5-4-10(3)6-13/h7-10H,4-6,13H2,1-3H3,(H,15,17). The number of carbonyl (C=O) groups is 1. The van der Waals surface area contributed by atoms with Crippen LogP contribution in [0, 0.1) is 5.92 Å². The zero-order valence-corrected chi connectivity index (χ0v) is 10.8. The van der Waals surface area contributed by atoms with E-state index in [1.54, 1.807) is 6.20 Å². The number of nitrogens with zero attached hydrogens (tertiary/aromatic N) is 2. The van der Waals surface area contributed by atoms with Crippen LogP contribution in [0.25, 0.3) is 0 Å². The lowest BCUT2D eigenvalue weighted by molar-refractivity contribution is -0.116. The number of rotatable bonds is 6. The molecule has 0 radical (unpaired) electrons. The lowest BCUT2D eigenvalue weighted by Gasteiger charge is -2.07. The largest absolute Gasteiger partial charge is 0.330 e. The first-order valence-electron chi connectivity index (χ1n) is 6.07. The predicted molar refractivity (Wildman–Crippen MR) is 68.7 cm³/mol. The van der Waals surface area contributed by atoms with Crippen molar-refractivity contribution >= 4 is 11.6 Å². The van der Waals surface area contributed by atoms with E-state index in [2.05, 4.69) is 10.4 Å². The summed E-state index contributed by atoms with van der Waals surface area (Å²) in [5.74, 6) is 0.410. The summed E-state index contributed by atoms with van der Waals surface area (Å²) in [7, 11) is 0. The number of amides is 1. The van der Waals surface area contributed by atoms with Crippen molar-refractivity contribution in [2.24, 2.45) is 11.7 Å². The molecule has 1 unspecified atom stereocenters. The van der Waals surface area contributed by atoms with E-state index in [1.807, 2.05) is 31.6 Å². The van der Waals surface area contributed by atoms with Crippen LogP contribution >= 0.6 is 0 Å². The van der Waals surface area contributed by atoms with Crippen molar-refractivity contribution in [2.75, 3.05) is 11.9 Å². The maximum atomic E-state index is 11.6.